The molecule has 0 heterocycles. The second-order valence-corrected chi connectivity index (χ2v) is 2.30. The fraction of sp³-hybridized carbons (Fsp3) is 0.800. The maximum Gasteiger partial charge on any atom is 0.315 e. The Balaban J connectivity index is 4.31. The van der Waals surface area contributed by atoms with Gasteiger partial charge in [0.2, 0.25) is 0 Å². The quantitative estimate of drug-likeness (QED) is 0.485. The van der Waals surface area contributed by atoms with Gasteiger partial charge in [-0.2, -0.15) is 0 Å². The van der Waals surface area contributed by atoms with Gasteiger partial charge < -0.3 is 15.3 Å². The lowest BCUT2D eigenvalue weighted by Gasteiger charge is -2.20. The molecule has 0 saturated heterocycles. The predicted molar refractivity (Wildman–Crippen MR) is 35.0 cm³/mol. The average Bonchev–Trinajstić information content (AvgIpc) is 1.92. The van der Waals surface area contributed by atoms with E-state index in [4.69, 9.17) is 26.9 Å². The molecule has 0 aliphatic rings. The van der Waals surface area contributed by atoms with Crippen LogP contribution in [0.1, 0.15) is 0 Å². The summed E-state index contributed by atoms with van der Waals surface area (Å²) < 4.78 is 0. The third-order valence-electron chi connectivity index (χ3n) is 1.31. The molecule has 0 unspecified atom stereocenters. The molecule has 4 nitrogen and oxygen atoms in total. The maximum absolute atomic E-state index is 10.3. The summed E-state index contributed by atoms with van der Waals surface area (Å²) in [6.45, 7) is -1.30. The standard InChI is InChI=1S/C5H9ClO4/c6-1-5(2-7,3-8)4(9)10/h7-8H,1-3H2,(H,9,10). The Bertz CT molecular complexity index is 113. The van der Waals surface area contributed by atoms with Crippen molar-refractivity contribution in [3.8, 4) is 0 Å². The third-order valence-corrected chi connectivity index (χ3v) is 1.83. The molecule has 0 atom stereocenters. The second kappa shape index (κ2) is 3.75. The molecule has 0 amide bonds. The average molecular weight is 169 g/mol. The highest BCUT2D eigenvalue weighted by atomic mass is 35.5. The fourth-order valence-corrected chi connectivity index (χ4v) is 0.610. The van der Waals surface area contributed by atoms with Crippen molar-refractivity contribution >= 4 is 17.6 Å². The number of hydrogen-bond donors (Lipinski definition) is 3. The zero-order valence-electron chi connectivity index (χ0n) is 5.25. The fourth-order valence-electron chi connectivity index (χ4n) is 0.327. The van der Waals surface area contributed by atoms with Gasteiger partial charge in [-0.15, -0.1) is 11.6 Å². The van der Waals surface area contributed by atoms with Crippen molar-refractivity contribution in [3.63, 3.8) is 0 Å². The lowest BCUT2D eigenvalue weighted by Crippen LogP contribution is -2.40. The monoisotopic (exact) mass is 168 g/mol. The number of carboxylic acids is 1. The zero-order chi connectivity index (χ0) is 8.20. The van der Waals surface area contributed by atoms with E-state index < -0.39 is 24.6 Å². The van der Waals surface area contributed by atoms with Crippen LogP contribution in [-0.4, -0.2) is 40.4 Å². The van der Waals surface area contributed by atoms with Crippen molar-refractivity contribution in [1.29, 1.82) is 0 Å². The Labute approximate surface area is 63.0 Å². The number of halogens is 1. The lowest BCUT2D eigenvalue weighted by atomic mass is 9.93. The molecule has 0 aliphatic carbocycles. The molecule has 0 saturated carbocycles. The van der Waals surface area contributed by atoms with E-state index in [1.807, 2.05) is 0 Å². The van der Waals surface area contributed by atoms with Gasteiger partial charge in [0.1, 0.15) is 5.41 Å². The van der Waals surface area contributed by atoms with Crippen molar-refractivity contribution < 1.29 is 20.1 Å². The van der Waals surface area contributed by atoms with Crippen LogP contribution in [0.4, 0.5) is 0 Å². The van der Waals surface area contributed by atoms with E-state index in [9.17, 15) is 4.79 Å². The van der Waals surface area contributed by atoms with Gasteiger partial charge in [-0.25, -0.2) is 0 Å². The number of alkyl halides is 1. The Morgan fingerprint density at radius 1 is 1.40 bits per heavy atom. The van der Waals surface area contributed by atoms with E-state index in [2.05, 4.69) is 0 Å². The maximum atomic E-state index is 10.3. The van der Waals surface area contributed by atoms with Crippen molar-refractivity contribution in [2.24, 2.45) is 5.41 Å². The molecule has 10 heavy (non-hydrogen) atoms. The van der Waals surface area contributed by atoms with E-state index in [1.165, 1.54) is 0 Å². The summed E-state index contributed by atoms with van der Waals surface area (Å²) in [5, 5.41) is 25.5. The first-order chi connectivity index (χ1) is 4.63. The molecule has 60 valence electrons. The van der Waals surface area contributed by atoms with Crippen LogP contribution >= 0.6 is 11.6 Å². The first-order valence-electron chi connectivity index (χ1n) is 2.64. The molecule has 0 spiro atoms. The molecule has 0 aliphatic heterocycles. The molecule has 0 rings (SSSR count). The normalized spacial score (nSPS) is 11.5. The van der Waals surface area contributed by atoms with Crippen LogP contribution in [0.2, 0.25) is 0 Å². The third kappa shape index (κ3) is 1.59. The minimum Gasteiger partial charge on any atom is -0.481 e. The Morgan fingerprint density at radius 2 is 1.80 bits per heavy atom. The molecule has 0 bridgehead atoms. The van der Waals surface area contributed by atoms with Gasteiger partial charge >= 0.3 is 5.97 Å². The SMILES string of the molecule is O=C(O)C(CO)(CO)CCl. The number of aliphatic hydroxyl groups excluding tert-OH is 2. The van der Waals surface area contributed by atoms with Crippen LogP contribution in [0.25, 0.3) is 0 Å². The summed E-state index contributed by atoms with van der Waals surface area (Å²) in [5.74, 6) is -1.58. The summed E-state index contributed by atoms with van der Waals surface area (Å²) in [7, 11) is 0. The summed E-state index contributed by atoms with van der Waals surface area (Å²) >= 11 is 5.22. The second-order valence-electron chi connectivity index (χ2n) is 2.04. The molecule has 0 aromatic rings. The van der Waals surface area contributed by atoms with Crippen LogP contribution in [0.3, 0.4) is 0 Å². The minimum atomic E-state index is -1.58. The molecule has 0 fully saturated rings. The summed E-state index contributed by atoms with van der Waals surface area (Å²) in [4.78, 5) is 10.3. The highest BCUT2D eigenvalue weighted by molar-refractivity contribution is 6.19. The number of rotatable bonds is 4. The van der Waals surface area contributed by atoms with Crippen molar-refractivity contribution in [3.05, 3.63) is 0 Å². The summed E-state index contributed by atoms with van der Waals surface area (Å²) in [5.41, 5.74) is -1.58. The summed E-state index contributed by atoms with van der Waals surface area (Å²) in [6.07, 6.45) is 0. The van der Waals surface area contributed by atoms with E-state index in [0.717, 1.165) is 0 Å². The Kier molecular flexibility index (Phi) is 3.63. The van der Waals surface area contributed by atoms with Gasteiger partial charge in [0.25, 0.3) is 0 Å². The molecule has 0 aromatic carbocycles. The van der Waals surface area contributed by atoms with Crippen molar-refractivity contribution in [2.75, 3.05) is 19.1 Å². The van der Waals surface area contributed by atoms with Gasteiger partial charge in [-0.05, 0) is 0 Å². The van der Waals surface area contributed by atoms with Gasteiger partial charge in [-0.3, -0.25) is 4.79 Å². The van der Waals surface area contributed by atoms with E-state index in [1.54, 1.807) is 0 Å². The number of hydrogen-bond acceptors (Lipinski definition) is 3. The Morgan fingerprint density at radius 3 is 1.80 bits per heavy atom. The Hall–Kier alpha value is -0.320. The lowest BCUT2D eigenvalue weighted by molar-refractivity contribution is -0.152. The topological polar surface area (TPSA) is 77.8 Å². The predicted octanol–water partition coefficient (Wildman–Crippen LogP) is -0.719. The summed E-state index contributed by atoms with van der Waals surface area (Å²) in [6, 6.07) is 0. The van der Waals surface area contributed by atoms with Gasteiger partial charge in [0, 0.05) is 5.88 Å². The molecule has 0 radical (unpaired) electrons. The van der Waals surface area contributed by atoms with Gasteiger partial charge in [0.15, 0.2) is 0 Å². The van der Waals surface area contributed by atoms with E-state index in [0.29, 0.717) is 0 Å². The molecular weight excluding hydrogens is 160 g/mol. The van der Waals surface area contributed by atoms with Crippen molar-refractivity contribution in [1.82, 2.24) is 0 Å². The van der Waals surface area contributed by atoms with Gasteiger partial charge in [0.05, 0.1) is 13.2 Å². The van der Waals surface area contributed by atoms with Crippen LogP contribution in [0.5, 0.6) is 0 Å². The van der Waals surface area contributed by atoms with Crippen molar-refractivity contribution in [2.45, 2.75) is 0 Å². The zero-order valence-corrected chi connectivity index (χ0v) is 6.01. The van der Waals surface area contributed by atoms with Gasteiger partial charge in [-0.1, -0.05) is 0 Å². The van der Waals surface area contributed by atoms with Crippen LogP contribution in [0.15, 0.2) is 0 Å². The molecule has 5 heteroatoms. The number of aliphatic hydroxyl groups is 2. The number of carboxylic acid groups (broad SMARTS) is 1. The highest BCUT2D eigenvalue weighted by Gasteiger charge is 2.36. The number of aliphatic carboxylic acids is 1. The first kappa shape index (κ1) is 9.68. The molecule has 3 N–H and O–H groups in total. The number of carbonyl (C=O) groups is 1. The molecule has 0 aromatic heterocycles. The van der Waals surface area contributed by atoms with E-state index in [-0.39, 0.29) is 5.88 Å². The largest absolute Gasteiger partial charge is 0.481 e. The van der Waals surface area contributed by atoms with Crippen LogP contribution in [-0.2, 0) is 4.79 Å². The molecular formula is C5H9ClO4. The van der Waals surface area contributed by atoms with E-state index >= 15 is 0 Å². The first-order valence-corrected chi connectivity index (χ1v) is 3.17. The van der Waals surface area contributed by atoms with Crippen LogP contribution in [0, 0.1) is 5.41 Å². The highest BCUT2D eigenvalue weighted by Crippen LogP contribution is 2.17. The smallest absolute Gasteiger partial charge is 0.315 e. The minimum absolute atomic E-state index is 0.296. The van der Waals surface area contributed by atoms with Crippen LogP contribution < -0.4 is 0 Å².